The van der Waals surface area contributed by atoms with Gasteiger partial charge in [0.1, 0.15) is 5.82 Å². The quantitative estimate of drug-likeness (QED) is 0.719. The van der Waals surface area contributed by atoms with E-state index in [1.165, 1.54) is 0 Å². The number of aromatic nitrogens is 1. The van der Waals surface area contributed by atoms with E-state index in [-0.39, 0.29) is 17.9 Å². The van der Waals surface area contributed by atoms with Gasteiger partial charge in [0.15, 0.2) is 0 Å². The Bertz CT molecular complexity index is 935. The Morgan fingerprint density at radius 2 is 1.56 bits per heavy atom. The smallest absolute Gasteiger partial charge is 0.256 e. The highest BCUT2D eigenvalue weighted by atomic mass is 16.2. The minimum Gasteiger partial charge on any atom is -0.350 e. The van der Waals surface area contributed by atoms with Crippen molar-refractivity contribution in [2.24, 2.45) is 0 Å². The summed E-state index contributed by atoms with van der Waals surface area (Å²) in [6, 6.07) is 20.1. The van der Waals surface area contributed by atoms with E-state index in [2.05, 4.69) is 15.6 Å². The van der Waals surface area contributed by atoms with Crippen molar-refractivity contribution in [3.8, 4) is 11.1 Å². The van der Waals surface area contributed by atoms with Crippen LogP contribution < -0.4 is 10.6 Å². The molecule has 27 heavy (non-hydrogen) atoms. The number of amides is 2. The van der Waals surface area contributed by atoms with Crippen molar-refractivity contribution in [1.82, 2.24) is 10.3 Å². The molecule has 0 atom stereocenters. The van der Waals surface area contributed by atoms with Gasteiger partial charge in [0, 0.05) is 28.9 Å². The normalized spacial score (nSPS) is 10.5. The van der Waals surface area contributed by atoms with Crippen LogP contribution in [0.2, 0.25) is 0 Å². The van der Waals surface area contributed by atoms with Gasteiger partial charge in [-0.1, -0.05) is 30.3 Å². The molecule has 2 N–H and O–H groups in total. The van der Waals surface area contributed by atoms with Crippen LogP contribution in [0.25, 0.3) is 11.1 Å². The first-order valence-corrected chi connectivity index (χ1v) is 8.76. The summed E-state index contributed by atoms with van der Waals surface area (Å²) in [5.74, 6) is 0.163. The van der Waals surface area contributed by atoms with Crippen molar-refractivity contribution in [3.63, 3.8) is 0 Å². The van der Waals surface area contributed by atoms with Crippen LogP contribution in [0.3, 0.4) is 0 Å². The number of nitrogens with zero attached hydrogens (tertiary/aromatic N) is 1. The number of carbonyl (C=O) groups is 2. The molecule has 0 aliphatic heterocycles. The molecular formula is C22H21N3O2. The highest BCUT2D eigenvalue weighted by Gasteiger charge is 2.09. The minimum atomic E-state index is -0.205. The molecule has 1 aromatic heterocycles. The zero-order chi connectivity index (χ0) is 19.2. The summed E-state index contributed by atoms with van der Waals surface area (Å²) in [7, 11) is 0. The summed E-state index contributed by atoms with van der Waals surface area (Å²) in [6.07, 6.45) is 1.68. The predicted octanol–water partition coefficient (Wildman–Crippen LogP) is 4.14. The Morgan fingerprint density at radius 3 is 2.22 bits per heavy atom. The Hall–Kier alpha value is -3.47. The number of hydrogen-bond donors (Lipinski definition) is 2. The van der Waals surface area contributed by atoms with Gasteiger partial charge >= 0.3 is 0 Å². The standard InChI is InChI=1S/C22H21N3O2/c1-15(2)24-22(27)18-10-6-9-17(13-18)19-11-12-20(23-14-19)25-21(26)16-7-4-3-5-8-16/h3-15H,1-2H3,(H,24,27)(H,23,25,26). The molecule has 0 aliphatic carbocycles. The van der Waals surface area contributed by atoms with Gasteiger partial charge in [0.25, 0.3) is 11.8 Å². The molecule has 2 amide bonds. The molecule has 0 spiro atoms. The molecule has 136 valence electrons. The summed E-state index contributed by atoms with van der Waals surface area (Å²) >= 11 is 0. The molecule has 2 aromatic carbocycles. The van der Waals surface area contributed by atoms with Crippen LogP contribution in [-0.4, -0.2) is 22.8 Å². The van der Waals surface area contributed by atoms with Gasteiger partial charge in [-0.15, -0.1) is 0 Å². The van der Waals surface area contributed by atoms with E-state index in [1.807, 2.05) is 56.3 Å². The van der Waals surface area contributed by atoms with E-state index in [9.17, 15) is 9.59 Å². The lowest BCUT2D eigenvalue weighted by Gasteiger charge is -2.10. The lowest BCUT2D eigenvalue weighted by atomic mass is 10.0. The minimum absolute atomic E-state index is 0.0790. The summed E-state index contributed by atoms with van der Waals surface area (Å²) in [5.41, 5.74) is 2.93. The zero-order valence-corrected chi connectivity index (χ0v) is 15.3. The average molecular weight is 359 g/mol. The predicted molar refractivity (Wildman–Crippen MR) is 107 cm³/mol. The Morgan fingerprint density at radius 1 is 0.815 bits per heavy atom. The molecule has 5 heteroatoms. The largest absolute Gasteiger partial charge is 0.350 e. The molecule has 0 saturated carbocycles. The van der Waals surface area contributed by atoms with Gasteiger partial charge in [-0.05, 0) is 55.8 Å². The zero-order valence-electron chi connectivity index (χ0n) is 15.3. The summed E-state index contributed by atoms with van der Waals surface area (Å²) in [6.45, 7) is 3.85. The second kappa shape index (κ2) is 8.27. The molecular weight excluding hydrogens is 338 g/mol. The van der Waals surface area contributed by atoms with Gasteiger partial charge in [0.05, 0.1) is 0 Å². The number of pyridine rings is 1. The molecule has 0 unspecified atom stereocenters. The lowest BCUT2D eigenvalue weighted by Crippen LogP contribution is -2.30. The fraction of sp³-hybridized carbons (Fsp3) is 0.136. The van der Waals surface area contributed by atoms with Gasteiger partial charge in [0.2, 0.25) is 0 Å². The molecule has 1 heterocycles. The van der Waals surface area contributed by atoms with E-state index in [1.54, 1.807) is 30.5 Å². The lowest BCUT2D eigenvalue weighted by molar-refractivity contribution is 0.0942. The summed E-state index contributed by atoms with van der Waals surface area (Å²) < 4.78 is 0. The number of anilines is 1. The van der Waals surface area contributed by atoms with Crippen LogP contribution in [0.15, 0.2) is 72.9 Å². The van der Waals surface area contributed by atoms with Crippen LogP contribution in [0.5, 0.6) is 0 Å². The first kappa shape index (κ1) is 18.3. The second-order valence-corrected chi connectivity index (χ2v) is 6.46. The van der Waals surface area contributed by atoms with Crippen molar-refractivity contribution < 1.29 is 9.59 Å². The molecule has 0 bridgehead atoms. The van der Waals surface area contributed by atoms with Gasteiger partial charge < -0.3 is 10.6 Å². The molecule has 5 nitrogen and oxygen atoms in total. The number of benzene rings is 2. The Balaban J connectivity index is 1.74. The fourth-order valence-electron chi connectivity index (χ4n) is 2.60. The first-order valence-electron chi connectivity index (χ1n) is 8.76. The number of hydrogen-bond acceptors (Lipinski definition) is 3. The van der Waals surface area contributed by atoms with E-state index >= 15 is 0 Å². The van der Waals surface area contributed by atoms with E-state index in [0.29, 0.717) is 16.9 Å². The maximum atomic E-state index is 12.2. The van der Waals surface area contributed by atoms with Crippen LogP contribution in [0.1, 0.15) is 34.6 Å². The SMILES string of the molecule is CC(C)NC(=O)c1cccc(-c2ccc(NC(=O)c3ccccc3)nc2)c1. The van der Waals surface area contributed by atoms with Crippen LogP contribution >= 0.6 is 0 Å². The van der Waals surface area contributed by atoms with E-state index in [0.717, 1.165) is 11.1 Å². The Labute approximate surface area is 158 Å². The number of rotatable bonds is 5. The van der Waals surface area contributed by atoms with Crippen molar-refractivity contribution in [2.75, 3.05) is 5.32 Å². The third-order valence-electron chi connectivity index (χ3n) is 3.92. The topological polar surface area (TPSA) is 71.1 Å². The fourth-order valence-corrected chi connectivity index (χ4v) is 2.60. The third-order valence-corrected chi connectivity index (χ3v) is 3.92. The average Bonchev–Trinajstić information content (AvgIpc) is 2.69. The molecule has 3 rings (SSSR count). The summed E-state index contributed by atoms with van der Waals surface area (Å²) in [4.78, 5) is 28.7. The second-order valence-electron chi connectivity index (χ2n) is 6.46. The molecule has 0 fully saturated rings. The maximum absolute atomic E-state index is 12.2. The number of nitrogens with one attached hydrogen (secondary N) is 2. The van der Waals surface area contributed by atoms with Crippen molar-refractivity contribution in [1.29, 1.82) is 0 Å². The van der Waals surface area contributed by atoms with E-state index in [4.69, 9.17) is 0 Å². The third kappa shape index (κ3) is 4.79. The van der Waals surface area contributed by atoms with E-state index < -0.39 is 0 Å². The summed E-state index contributed by atoms with van der Waals surface area (Å²) in [5, 5.41) is 5.66. The maximum Gasteiger partial charge on any atom is 0.256 e. The molecule has 0 saturated heterocycles. The van der Waals surface area contributed by atoms with Crippen molar-refractivity contribution >= 4 is 17.6 Å². The van der Waals surface area contributed by atoms with Crippen LogP contribution in [0, 0.1) is 0 Å². The van der Waals surface area contributed by atoms with Crippen molar-refractivity contribution in [3.05, 3.63) is 84.1 Å². The highest BCUT2D eigenvalue weighted by Crippen LogP contribution is 2.21. The van der Waals surface area contributed by atoms with Gasteiger partial charge in [-0.2, -0.15) is 0 Å². The first-order chi connectivity index (χ1) is 13.0. The molecule has 0 aliphatic rings. The monoisotopic (exact) mass is 359 g/mol. The molecule has 3 aromatic rings. The Kier molecular flexibility index (Phi) is 5.61. The highest BCUT2D eigenvalue weighted by molar-refractivity contribution is 6.03. The molecule has 0 radical (unpaired) electrons. The van der Waals surface area contributed by atoms with Gasteiger partial charge in [-0.25, -0.2) is 4.98 Å². The number of carbonyl (C=O) groups excluding carboxylic acids is 2. The van der Waals surface area contributed by atoms with Crippen LogP contribution in [0.4, 0.5) is 5.82 Å². The van der Waals surface area contributed by atoms with Gasteiger partial charge in [-0.3, -0.25) is 9.59 Å². The van der Waals surface area contributed by atoms with Crippen molar-refractivity contribution in [2.45, 2.75) is 19.9 Å². The van der Waals surface area contributed by atoms with Crippen LogP contribution in [-0.2, 0) is 0 Å².